The number of likely N-dealkylation sites (tertiary alicyclic amines) is 1. The Morgan fingerprint density at radius 1 is 1.15 bits per heavy atom. The van der Waals surface area contributed by atoms with Crippen LogP contribution in [0.4, 0.5) is 10.5 Å². The van der Waals surface area contributed by atoms with Crippen molar-refractivity contribution in [3.05, 3.63) is 54.2 Å². The third-order valence-corrected chi connectivity index (χ3v) is 9.66. The van der Waals surface area contributed by atoms with E-state index in [0.29, 0.717) is 19.6 Å². The second-order valence-electron chi connectivity index (χ2n) is 11.2. The summed E-state index contributed by atoms with van der Waals surface area (Å²) < 4.78 is 37.1. The number of fused-ring (bicyclic) bond motifs is 1. The normalized spacial score (nSPS) is 20.9. The third-order valence-electron chi connectivity index (χ3n) is 8.04. The van der Waals surface area contributed by atoms with Crippen molar-refractivity contribution < 1.29 is 17.9 Å². The van der Waals surface area contributed by atoms with Crippen LogP contribution in [0, 0.1) is 5.92 Å². The molecule has 1 aromatic heterocycles. The van der Waals surface area contributed by atoms with Crippen LogP contribution in [0.1, 0.15) is 31.7 Å². The molecule has 2 saturated heterocycles. The van der Waals surface area contributed by atoms with E-state index in [1.54, 1.807) is 17.0 Å². The Kier molecular flexibility index (Phi) is 6.98. The Labute approximate surface area is 229 Å². The molecule has 2 aliphatic heterocycles. The molecular formula is C28H36N6O4S. The van der Waals surface area contributed by atoms with E-state index in [1.165, 1.54) is 0 Å². The number of hydrogen-bond acceptors (Lipinski definition) is 7. The lowest BCUT2D eigenvalue weighted by molar-refractivity contribution is 0.103. The van der Waals surface area contributed by atoms with Gasteiger partial charge in [0.15, 0.2) is 0 Å². The first kappa shape index (κ1) is 26.1. The van der Waals surface area contributed by atoms with Crippen LogP contribution in [0.2, 0.25) is 0 Å². The minimum atomic E-state index is -3.68. The highest BCUT2D eigenvalue weighted by atomic mass is 32.2. The summed E-state index contributed by atoms with van der Waals surface area (Å²) >= 11 is 0. The molecule has 0 radical (unpaired) electrons. The Bertz CT molecular complexity index is 1450. The molecule has 3 heterocycles. The Balaban J connectivity index is 1.21. The van der Waals surface area contributed by atoms with Crippen molar-refractivity contribution in [3.63, 3.8) is 0 Å². The number of aromatic nitrogens is 2. The van der Waals surface area contributed by atoms with Gasteiger partial charge in [-0.15, -0.1) is 0 Å². The molecule has 1 saturated carbocycles. The molecule has 208 valence electrons. The second-order valence-corrected chi connectivity index (χ2v) is 12.9. The highest BCUT2D eigenvalue weighted by Gasteiger charge is 2.41. The summed E-state index contributed by atoms with van der Waals surface area (Å²) in [6, 6.07) is 13.2. The number of sulfonamides is 1. The minimum absolute atomic E-state index is 0.198. The SMILES string of the molecule is CC1(NS(=O)(=O)c2cc(N3CCNCC3)c3cnn(CC4CCN(C(=O)OCc5ccccc5)C4)c3c2)CC1. The molecule has 2 aromatic carbocycles. The zero-order chi connectivity index (χ0) is 27.0. The molecule has 2 N–H and O–H groups in total. The maximum absolute atomic E-state index is 13.4. The molecule has 1 aliphatic carbocycles. The monoisotopic (exact) mass is 552 g/mol. The molecule has 3 fully saturated rings. The fraction of sp³-hybridized carbons (Fsp3) is 0.500. The lowest BCUT2D eigenvalue weighted by atomic mass is 10.1. The van der Waals surface area contributed by atoms with Crippen molar-refractivity contribution >= 4 is 32.7 Å². The van der Waals surface area contributed by atoms with E-state index >= 15 is 0 Å². The van der Waals surface area contributed by atoms with Gasteiger partial charge in [-0.1, -0.05) is 30.3 Å². The Morgan fingerprint density at radius 3 is 2.67 bits per heavy atom. The number of ether oxygens (including phenoxy) is 1. The van der Waals surface area contributed by atoms with E-state index in [4.69, 9.17) is 9.84 Å². The van der Waals surface area contributed by atoms with E-state index in [0.717, 1.165) is 67.6 Å². The molecule has 6 rings (SSSR count). The van der Waals surface area contributed by atoms with Crippen LogP contribution >= 0.6 is 0 Å². The maximum Gasteiger partial charge on any atom is 0.410 e. The molecule has 0 bridgehead atoms. The molecule has 39 heavy (non-hydrogen) atoms. The molecule has 3 aliphatic rings. The first-order valence-corrected chi connectivity index (χ1v) is 15.2. The molecule has 10 nitrogen and oxygen atoms in total. The fourth-order valence-electron chi connectivity index (χ4n) is 5.48. The predicted octanol–water partition coefficient (Wildman–Crippen LogP) is 2.94. The number of piperazine rings is 1. The van der Waals surface area contributed by atoms with E-state index in [2.05, 4.69) is 14.9 Å². The van der Waals surface area contributed by atoms with Crippen molar-refractivity contribution in [1.82, 2.24) is 24.7 Å². The van der Waals surface area contributed by atoms with Crippen LogP contribution in [0.5, 0.6) is 0 Å². The molecule has 1 amide bonds. The number of amides is 1. The minimum Gasteiger partial charge on any atom is -0.445 e. The van der Waals surface area contributed by atoms with Crippen LogP contribution in [-0.2, 0) is 27.9 Å². The number of nitrogens with one attached hydrogen (secondary N) is 2. The van der Waals surface area contributed by atoms with Gasteiger partial charge in [0.1, 0.15) is 6.61 Å². The summed E-state index contributed by atoms with van der Waals surface area (Å²) in [4.78, 5) is 16.9. The number of anilines is 1. The topological polar surface area (TPSA) is 109 Å². The zero-order valence-corrected chi connectivity index (χ0v) is 23.1. The van der Waals surface area contributed by atoms with Gasteiger partial charge in [0.05, 0.1) is 16.6 Å². The van der Waals surface area contributed by atoms with Crippen molar-refractivity contribution in [2.24, 2.45) is 5.92 Å². The summed E-state index contributed by atoms with van der Waals surface area (Å²) in [6.07, 6.45) is 4.08. The molecular weight excluding hydrogens is 516 g/mol. The second kappa shape index (κ2) is 10.4. The van der Waals surface area contributed by atoms with Gasteiger partial charge in [0, 0.05) is 62.4 Å². The fourth-order valence-corrected chi connectivity index (χ4v) is 6.98. The van der Waals surface area contributed by atoms with Gasteiger partial charge in [0.2, 0.25) is 10.0 Å². The molecule has 1 atom stereocenters. The first-order chi connectivity index (χ1) is 18.8. The van der Waals surface area contributed by atoms with Gasteiger partial charge in [-0.3, -0.25) is 4.68 Å². The van der Waals surface area contributed by atoms with E-state index in [-0.39, 0.29) is 29.1 Å². The van der Waals surface area contributed by atoms with E-state index in [1.807, 2.05) is 48.1 Å². The number of rotatable bonds is 8. The van der Waals surface area contributed by atoms with Crippen molar-refractivity contribution in [2.75, 3.05) is 44.2 Å². The molecule has 1 unspecified atom stereocenters. The lowest BCUT2D eigenvalue weighted by Gasteiger charge is -2.30. The van der Waals surface area contributed by atoms with Crippen molar-refractivity contribution in [1.29, 1.82) is 0 Å². The Morgan fingerprint density at radius 2 is 1.92 bits per heavy atom. The van der Waals surface area contributed by atoms with Crippen molar-refractivity contribution in [3.8, 4) is 0 Å². The van der Waals surface area contributed by atoms with E-state index in [9.17, 15) is 13.2 Å². The average molecular weight is 553 g/mol. The number of nitrogens with zero attached hydrogens (tertiary/aromatic N) is 4. The summed E-state index contributed by atoms with van der Waals surface area (Å²) in [5, 5.41) is 9.01. The van der Waals surface area contributed by atoms with Crippen LogP contribution in [-0.4, -0.2) is 74.0 Å². The number of hydrogen-bond donors (Lipinski definition) is 2. The van der Waals surface area contributed by atoms with Gasteiger partial charge >= 0.3 is 6.09 Å². The molecule has 3 aromatic rings. The van der Waals surface area contributed by atoms with Crippen LogP contribution in [0.15, 0.2) is 53.6 Å². The molecule has 0 spiro atoms. The largest absolute Gasteiger partial charge is 0.445 e. The third kappa shape index (κ3) is 5.75. The maximum atomic E-state index is 13.4. The number of benzene rings is 2. The van der Waals surface area contributed by atoms with Crippen molar-refractivity contribution in [2.45, 2.75) is 49.8 Å². The standard InChI is InChI=1S/C28H36N6O4S/c1-28(8-9-28)31-39(36,37)23-15-25(32-13-10-29-11-14-32)24-17-30-34(26(24)16-23)19-22-7-12-33(18-22)27(35)38-20-21-5-3-2-4-6-21/h2-6,15-17,22,29,31H,7-14,18-20H2,1H3. The number of carbonyl (C=O) groups is 1. The number of carbonyl (C=O) groups excluding carboxylic acids is 1. The predicted molar refractivity (Wildman–Crippen MR) is 149 cm³/mol. The summed E-state index contributed by atoms with van der Waals surface area (Å²) in [7, 11) is -3.68. The van der Waals surface area contributed by atoms with Gasteiger partial charge < -0.3 is 19.9 Å². The summed E-state index contributed by atoms with van der Waals surface area (Å²) in [5.74, 6) is 0.198. The quantitative estimate of drug-likeness (QED) is 0.442. The summed E-state index contributed by atoms with van der Waals surface area (Å²) in [5.41, 5.74) is 2.31. The van der Waals surface area contributed by atoms with Crippen LogP contribution in [0.3, 0.4) is 0 Å². The zero-order valence-electron chi connectivity index (χ0n) is 22.3. The Hall–Kier alpha value is -3.15. The van der Waals surface area contributed by atoms with Gasteiger partial charge in [0.25, 0.3) is 0 Å². The molecule has 11 heteroatoms. The van der Waals surface area contributed by atoms with Crippen LogP contribution in [0.25, 0.3) is 10.9 Å². The average Bonchev–Trinajstić information content (AvgIpc) is 3.30. The smallest absolute Gasteiger partial charge is 0.410 e. The lowest BCUT2D eigenvalue weighted by Crippen LogP contribution is -2.43. The van der Waals surface area contributed by atoms with Crippen LogP contribution < -0.4 is 14.9 Å². The van der Waals surface area contributed by atoms with Gasteiger partial charge in [-0.05, 0) is 49.8 Å². The highest BCUT2D eigenvalue weighted by Crippen LogP contribution is 2.37. The first-order valence-electron chi connectivity index (χ1n) is 13.7. The highest BCUT2D eigenvalue weighted by molar-refractivity contribution is 7.89. The van der Waals surface area contributed by atoms with Gasteiger partial charge in [-0.25, -0.2) is 17.9 Å². The van der Waals surface area contributed by atoms with E-state index < -0.39 is 10.0 Å². The summed E-state index contributed by atoms with van der Waals surface area (Å²) in [6.45, 7) is 7.31. The van der Waals surface area contributed by atoms with Gasteiger partial charge in [-0.2, -0.15) is 5.10 Å².